The zero-order valence-corrected chi connectivity index (χ0v) is 29.3. The van der Waals surface area contributed by atoms with E-state index in [-0.39, 0.29) is 59.1 Å². The van der Waals surface area contributed by atoms with Crippen LogP contribution in [0.4, 0.5) is 0 Å². The fourth-order valence-corrected chi connectivity index (χ4v) is 7.09. The van der Waals surface area contributed by atoms with Crippen LogP contribution in [0.3, 0.4) is 0 Å². The van der Waals surface area contributed by atoms with Gasteiger partial charge in [-0.15, -0.1) is 0 Å². The van der Waals surface area contributed by atoms with Crippen molar-refractivity contribution in [3.8, 4) is 5.88 Å². The summed E-state index contributed by atoms with van der Waals surface area (Å²) in [5.74, 6) is -2.26. The van der Waals surface area contributed by atoms with Gasteiger partial charge in [0.1, 0.15) is 36.6 Å². The van der Waals surface area contributed by atoms with E-state index >= 15 is 0 Å². The van der Waals surface area contributed by atoms with Crippen LogP contribution in [0.5, 0.6) is 5.88 Å². The Hall–Kier alpha value is 0.280. The number of hydrogen-bond donors (Lipinski definition) is 7. The van der Waals surface area contributed by atoms with Gasteiger partial charge in [-0.2, -0.15) is 4.31 Å². The van der Waals surface area contributed by atoms with Crippen LogP contribution in [0.2, 0.25) is 0 Å². The van der Waals surface area contributed by atoms with Gasteiger partial charge in [-0.1, -0.05) is 0 Å². The molecule has 0 saturated carbocycles. The molecule has 2 aliphatic heterocycles. The van der Waals surface area contributed by atoms with E-state index in [1.54, 1.807) is 0 Å². The summed E-state index contributed by atoms with van der Waals surface area (Å²) in [5, 5.41) is 60.9. The van der Waals surface area contributed by atoms with Gasteiger partial charge in [0.2, 0.25) is 0 Å². The minimum atomic E-state index is -6.17. The Morgan fingerprint density at radius 2 is 1.59 bits per heavy atom. The van der Waals surface area contributed by atoms with E-state index in [0.29, 0.717) is 4.57 Å². The number of aromatic nitrogens is 2. The van der Waals surface area contributed by atoms with Crippen LogP contribution in [0.1, 0.15) is 6.23 Å². The van der Waals surface area contributed by atoms with Crippen molar-refractivity contribution >= 4 is 29.4 Å². The predicted octanol–water partition coefficient (Wildman–Crippen LogP) is -11.3. The minimum Gasteiger partial charge on any atom is -0.858 e. The van der Waals surface area contributed by atoms with E-state index in [4.69, 9.17) is 9.47 Å². The molecular formula is C16H23N2Na2O21P3. The third-order valence-corrected chi connectivity index (χ3v) is 9.68. The first-order valence-electron chi connectivity index (χ1n) is 11.0. The zero-order valence-electron chi connectivity index (χ0n) is 22.6. The minimum absolute atomic E-state index is 0. The quantitative estimate of drug-likeness (QED) is 0.0634. The number of phosphoric acid groups is 3. The molecule has 1 aromatic heterocycles. The third kappa shape index (κ3) is 10.6. The molecule has 0 amide bonds. The summed E-state index contributed by atoms with van der Waals surface area (Å²) in [6.07, 6.45) is -17.7. The van der Waals surface area contributed by atoms with Crippen LogP contribution in [0, 0.1) is 0 Å². The molecule has 2 fully saturated rings. The molecule has 44 heavy (non-hydrogen) atoms. The van der Waals surface area contributed by atoms with E-state index in [1.807, 2.05) is 0 Å². The Kier molecular flexibility index (Phi) is 16.0. The van der Waals surface area contributed by atoms with Crippen molar-refractivity contribution in [1.82, 2.24) is 9.55 Å². The second kappa shape index (κ2) is 16.6. The number of phosphoric ester groups is 2. The van der Waals surface area contributed by atoms with Gasteiger partial charge in [0.15, 0.2) is 18.6 Å². The molecule has 0 radical (unpaired) electrons. The molecule has 0 bridgehead atoms. The van der Waals surface area contributed by atoms with Crippen molar-refractivity contribution in [3.63, 3.8) is 0 Å². The van der Waals surface area contributed by atoms with Gasteiger partial charge in [0, 0.05) is 6.20 Å². The number of hydrogen-bond acceptors (Lipinski definition) is 20. The number of methoxy groups -OCH3 is 1. The van der Waals surface area contributed by atoms with Gasteiger partial charge < -0.3 is 64.1 Å². The van der Waals surface area contributed by atoms with Crippen LogP contribution in [0.15, 0.2) is 17.1 Å². The number of rotatable bonds is 11. The SMILES string of the molecule is COC(=O)[C@@H]1O[C@H](OP(=O)(O)OP(=O)(O)OP(=O)([O-])OC[C@H]2O[C@@H](n3ccc([O-])nc3=O)[C@H](O)[C@@H]2O)[C@H](O)[C@@H](O)[C@@H]1O.[Na+].[Na+]. The van der Waals surface area contributed by atoms with Gasteiger partial charge in [0.25, 0.3) is 7.82 Å². The first-order valence-corrected chi connectivity index (χ1v) is 15.5. The average Bonchev–Trinajstić information content (AvgIpc) is 3.14. The van der Waals surface area contributed by atoms with Crippen molar-refractivity contribution in [2.45, 2.75) is 55.2 Å². The van der Waals surface area contributed by atoms with Crippen molar-refractivity contribution in [2.24, 2.45) is 0 Å². The molecule has 2 saturated heterocycles. The van der Waals surface area contributed by atoms with E-state index in [1.165, 1.54) is 0 Å². The molecule has 0 spiro atoms. The second-order valence-corrected chi connectivity index (χ2v) is 12.9. The largest absolute Gasteiger partial charge is 1.00 e. The van der Waals surface area contributed by atoms with E-state index in [9.17, 15) is 68.6 Å². The Balaban J connectivity index is 0.00000484. The van der Waals surface area contributed by atoms with E-state index in [0.717, 1.165) is 19.4 Å². The summed E-state index contributed by atoms with van der Waals surface area (Å²) >= 11 is 0. The number of ether oxygens (including phenoxy) is 3. The number of carbonyl (C=O) groups is 1. The maximum absolute atomic E-state index is 12.2. The molecule has 2 aliphatic rings. The van der Waals surface area contributed by atoms with E-state index in [2.05, 4.69) is 27.4 Å². The van der Waals surface area contributed by atoms with Crippen LogP contribution >= 0.6 is 23.5 Å². The van der Waals surface area contributed by atoms with Crippen LogP contribution < -0.4 is 74.8 Å². The molecule has 3 heterocycles. The monoisotopic (exact) mass is 718 g/mol. The molecule has 0 aromatic carbocycles. The molecular weight excluding hydrogens is 695 g/mol. The molecule has 12 atom stereocenters. The number of nitrogens with zero attached hydrogens (tertiary/aromatic N) is 2. The molecule has 240 valence electrons. The summed E-state index contributed by atoms with van der Waals surface area (Å²) in [4.78, 5) is 58.1. The number of aliphatic hydroxyl groups excluding tert-OH is 5. The van der Waals surface area contributed by atoms with Gasteiger partial charge in [0.05, 0.1) is 13.7 Å². The fraction of sp³-hybridized carbons (Fsp3) is 0.688. The van der Waals surface area contributed by atoms with Crippen LogP contribution in [-0.4, -0.2) is 114 Å². The van der Waals surface area contributed by atoms with Gasteiger partial charge in [-0.25, -0.2) is 28.0 Å². The maximum Gasteiger partial charge on any atom is 1.00 e. The van der Waals surface area contributed by atoms with Crippen molar-refractivity contribution in [1.29, 1.82) is 0 Å². The summed E-state index contributed by atoms with van der Waals surface area (Å²) in [6.45, 7) is -1.23. The van der Waals surface area contributed by atoms with Gasteiger partial charge in [-0.3, -0.25) is 13.7 Å². The Bertz CT molecular complexity index is 1350. The maximum atomic E-state index is 12.2. The molecule has 1 aromatic rings. The molecule has 28 heteroatoms. The molecule has 7 N–H and O–H groups in total. The predicted molar refractivity (Wildman–Crippen MR) is 119 cm³/mol. The van der Waals surface area contributed by atoms with Crippen molar-refractivity contribution in [2.75, 3.05) is 13.7 Å². The fourth-order valence-electron chi connectivity index (χ4n) is 3.54. The van der Waals surface area contributed by atoms with Gasteiger partial charge >= 0.3 is 86.4 Å². The van der Waals surface area contributed by atoms with Crippen molar-refractivity contribution in [3.05, 3.63) is 22.7 Å². The molecule has 23 nitrogen and oxygen atoms in total. The number of esters is 1. The Morgan fingerprint density at radius 3 is 2.16 bits per heavy atom. The summed E-state index contributed by atoms with van der Waals surface area (Å²) in [6, 6.07) is 0.819. The van der Waals surface area contributed by atoms with E-state index < -0.39 is 103 Å². The van der Waals surface area contributed by atoms with Crippen molar-refractivity contribution < 1.29 is 155 Å². The first-order chi connectivity index (χ1) is 19.3. The Labute approximate surface area is 289 Å². The normalized spacial score (nSPS) is 34.3. The topological polar surface area (TPSA) is 356 Å². The van der Waals surface area contributed by atoms with Gasteiger partial charge in [-0.05, 0) is 11.9 Å². The Morgan fingerprint density at radius 1 is 0.977 bits per heavy atom. The zero-order chi connectivity index (χ0) is 31.8. The molecule has 3 unspecified atom stereocenters. The summed E-state index contributed by atoms with van der Waals surface area (Å²) in [7, 11) is -17.3. The first kappa shape index (κ1) is 42.3. The summed E-state index contributed by atoms with van der Waals surface area (Å²) < 4.78 is 67.3. The molecule has 3 rings (SSSR count). The number of aliphatic hydroxyl groups is 5. The smallest absolute Gasteiger partial charge is 0.858 e. The van der Waals surface area contributed by atoms with Crippen LogP contribution in [0.25, 0.3) is 0 Å². The average molecular weight is 718 g/mol. The number of carbonyl (C=O) groups excluding carboxylic acids is 1. The summed E-state index contributed by atoms with van der Waals surface area (Å²) in [5.41, 5.74) is -1.19. The second-order valence-electron chi connectivity index (χ2n) is 8.37. The third-order valence-electron chi connectivity index (χ3n) is 5.46. The van der Waals surface area contributed by atoms with Crippen LogP contribution in [-0.2, 0) is 50.4 Å². The standard InChI is InChI=1S/C16H25N2O21P3.2Na/c1-33-14(25)12-9(22)8(21)11(24)15(36-12)37-41(29,30)39-42(31,32)38-40(27,28)34-4-5-7(20)10(23)13(35-5)18-3-2-6(19)17-16(18)26;;/h2-3,5,7-13,15,20-24H,4H2,1H3,(H,27,28)(H,29,30)(H,31,32)(H,17,19,26);;/q;2*+1/p-2/t5-,7-,8+,9+,10-,11-,12-,13-,15-;;/m1../s1. The molecule has 0 aliphatic carbocycles.